The molecule has 0 spiro atoms. The number of Topliss-reactive ketones (excluding diaryl/α,β-unsaturated/α-hetero) is 1. The highest BCUT2D eigenvalue weighted by molar-refractivity contribution is 5.87. The zero-order valence-corrected chi connectivity index (χ0v) is 6.55. The molecule has 0 unspecified atom stereocenters. The van der Waals surface area contributed by atoms with E-state index < -0.39 is 0 Å². The minimum Gasteiger partial charge on any atom is -0.303 e. The van der Waals surface area contributed by atoms with Gasteiger partial charge in [-0.25, -0.2) is 0 Å². The molecule has 0 amide bonds. The van der Waals surface area contributed by atoms with E-state index in [1.54, 1.807) is 6.92 Å². The Balaban J connectivity index is 2.70. The number of hydrogen-bond acceptors (Lipinski definition) is 2. The normalized spacial score (nSPS) is 35.1. The molecular weight excluding hydrogens is 128 g/mol. The summed E-state index contributed by atoms with van der Waals surface area (Å²) >= 11 is 0. The molecule has 0 aromatic carbocycles. The first-order chi connectivity index (χ1) is 4.51. The van der Waals surface area contributed by atoms with E-state index >= 15 is 0 Å². The Hall–Kier alpha value is -0.660. The van der Waals surface area contributed by atoms with E-state index in [0.717, 1.165) is 6.29 Å². The van der Waals surface area contributed by atoms with Crippen LogP contribution in [0.25, 0.3) is 0 Å². The van der Waals surface area contributed by atoms with Gasteiger partial charge in [0.05, 0.1) is 0 Å². The predicted octanol–water partition coefficient (Wildman–Crippen LogP) is 1.05. The highest BCUT2D eigenvalue weighted by Gasteiger charge is 2.60. The maximum absolute atomic E-state index is 10.8. The summed E-state index contributed by atoms with van der Waals surface area (Å²) in [5.41, 5.74) is -0.0619. The fourth-order valence-corrected chi connectivity index (χ4v) is 1.71. The van der Waals surface area contributed by atoms with Crippen molar-refractivity contribution in [2.24, 2.45) is 17.3 Å². The second kappa shape index (κ2) is 1.91. The number of ketones is 1. The average Bonchev–Trinajstić information content (AvgIpc) is 2.33. The summed E-state index contributed by atoms with van der Waals surface area (Å²) in [5, 5.41) is 0. The minimum atomic E-state index is -0.0619. The van der Waals surface area contributed by atoms with Crippen LogP contribution < -0.4 is 0 Å². The molecular formula is C8H12O2. The lowest BCUT2D eigenvalue weighted by Crippen LogP contribution is -1.99. The van der Waals surface area contributed by atoms with Crippen molar-refractivity contribution in [3.63, 3.8) is 0 Å². The molecule has 0 heterocycles. The number of aldehydes is 1. The van der Waals surface area contributed by atoms with Crippen molar-refractivity contribution in [1.82, 2.24) is 0 Å². The summed E-state index contributed by atoms with van der Waals surface area (Å²) in [4.78, 5) is 21.2. The molecule has 0 N–H and O–H groups in total. The molecule has 2 nitrogen and oxygen atoms in total. The fraction of sp³-hybridized carbons (Fsp3) is 0.750. The second-order valence-electron chi connectivity index (χ2n) is 3.57. The first-order valence-corrected chi connectivity index (χ1v) is 3.47. The molecule has 56 valence electrons. The van der Waals surface area contributed by atoms with Crippen LogP contribution in [0.2, 0.25) is 0 Å². The van der Waals surface area contributed by atoms with Crippen LogP contribution in [-0.2, 0) is 9.59 Å². The summed E-state index contributed by atoms with van der Waals surface area (Å²) in [5.74, 6) is 0.108. The van der Waals surface area contributed by atoms with Crippen molar-refractivity contribution in [3.05, 3.63) is 0 Å². The molecule has 0 aliphatic heterocycles. The van der Waals surface area contributed by atoms with Crippen LogP contribution in [-0.4, -0.2) is 12.1 Å². The number of rotatable bonds is 2. The quantitative estimate of drug-likeness (QED) is 0.537. The van der Waals surface area contributed by atoms with Crippen LogP contribution in [0.3, 0.4) is 0 Å². The van der Waals surface area contributed by atoms with Crippen molar-refractivity contribution >= 4 is 12.1 Å². The molecule has 0 bridgehead atoms. The van der Waals surface area contributed by atoms with E-state index in [1.807, 2.05) is 13.8 Å². The van der Waals surface area contributed by atoms with Gasteiger partial charge in [0.2, 0.25) is 0 Å². The van der Waals surface area contributed by atoms with Gasteiger partial charge in [-0.15, -0.1) is 0 Å². The number of hydrogen-bond donors (Lipinski definition) is 0. The lowest BCUT2D eigenvalue weighted by molar-refractivity contribution is -0.120. The Morgan fingerprint density at radius 1 is 1.50 bits per heavy atom. The molecule has 1 fully saturated rings. The Bertz CT molecular complexity index is 182. The van der Waals surface area contributed by atoms with Crippen LogP contribution in [0.1, 0.15) is 20.8 Å². The largest absolute Gasteiger partial charge is 0.303 e. The third kappa shape index (κ3) is 0.789. The maximum atomic E-state index is 10.8. The Labute approximate surface area is 60.6 Å². The molecule has 0 aromatic heterocycles. The molecule has 0 radical (unpaired) electrons. The summed E-state index contributed by atoms with van der Waals surface area (Å²) in [6.45, 7) is 5.46. The lowest BCUT2D eigenvalue weighted by atomic mass is 10.1. The molecule has 0 aromatic rings. The van der Waals surface area contributed by atoms with Crippen molar-refractivity contribution in [2.45, 2.75) is 20.8 Å². The Morgan fingerprint density at radius 3 is 2.10 bits per heavy atom. The van der Waals surface area contributed by atoms with Crippen molar-refractivity contribution in [3.8, 4) is 0 Å². The van der Waals surface area contributed by atoms with E-state index in [2.05, 4.69) is 0 Å². The van der Waals surface area contributed by atoms with Crippen LogP contribution in [0.15, 0.2) is 0 Å². The van der Waals surface area contributed by atoms with E-state index in [0.29, 0.717) is 0 Å². The van der Waals surface area contributed by atoms with E-state index in [-0.39, 0.29) is 23.0 Å². The van der Waals surface area contributed by atoms with Gasteiger partial charge in [0.25, 0.3) is 0 Å². The van der Waals surface area contributed by atoms with Gasteiger partial charge in [-0.3, -0.25) is 4.79 Å². The zero-order chi connectivity index (χ0) is 7.94. The molecule has 2 atom stereocenters. The molecule has 1 rings (SSSR count). The van der Waals surface area contributed by atoms with Gasteiger partial charge in [-0.1, -0.05) is 13.8 Å². The molecule has 2 heteroatoms. The maximum Gasteiger partial charge on any atom is 0.134 e. The highest BCUT2D eigenvalue weighted by atomic mass is 16.1. The van der Waals surface area contributed by atoms with E-state index in [9.17, 15) is 9.59 Å². The van der Waals surface area contributed by atoms with Gasteiger partial charge >= 0.3 is 0 Å². The first-order valence-electron chi connectivity index (χ1n) is 3.47. The van der Waals surface area contributed by atoms with Gasteiger partial charge in [-0.2, -0.15) is 0 Å². The summed E-state index contributed by atoms with van der Waals surface area (Å²) < 4.78 is 0. The van der Waals surface area contributed by atoms with Crippen LogP contribution >= 0.6 is 0 Å². The lowest BCUT2D eigenvalue weighted by Gasteiger charge is -1.95. The van der Waals surface area contributed by atoms with E-state index in [4.69, 9.17) is 0 Å². The molecule has 10 heavy (non-hydrogen) atoms. The highest BCUT2D eigenvalue weighted by Crippen LogP contribution is 2.57. The summed E-state index contributed by atoms with van der Waals surface area (Å²) in [6, 6.07) is 0. The minimum absolute atomic E-state index is 0.00926. The third-order valence-electron chi connectivity index (χ3n) is 2.50. The van der Waals surface area contributed by atoms with Gasteiger partial charge in [0, 0.05) is 11.8 Å². The van der Waals surface area contributed by atoms with Gasteiger partial charge in [0.1, 0.15) is 12.1 Å². The van der Waals surface area contributed by atoms with Gasteiger partial charge in [0.15, 0.2) is 0 Å². The van der Waals surface area contributed by atoms with Crippen molar-refractivity contribution < 1.29 is 9.59 Å². The zero-order valence-electron chi connectivity index (χ0n) is 6.55. The Morgan fingerprint density at radius 2 is 2.00 bits per heavy atom. The summed E-state index contributed by atoms with van der Waals surface area (Å²) in [7, 11) is 0. The monoisotopic (exact) mass is 140 g/mol. The third-order valence-corrected chi connectivity index (χ3v) is 2.50. The first kappa shape index (κ1) is 7.45. The predicted molar refractivity (Wildman–Crippen MR) is 37.5 cm³/mol. The van der Waals surface area contributed by atoms with Gasteiger partial charge < -0.3 is 4.79 Å². The number of carbonyl (C=O) groups excluding carboxylic acids is 2. The average molecular weight is 140 g/mol. The molecule has 0 saturated heterocycles. The van der Waals surface area contributed by atoms with Crippen LogP contribution in [0.5, 0.6) is 0 Å². The van der Waals surface area contributed by atoms with Crippen molar-refractivity contribution in [2.75, 3.05) is 0 Å². The second-order valence-corrected chi connectivity index (χ2v) is 3.57. The smallest absolute Gasteiger partial charge is 0.134 e. The SMILES string of the molecule is CC(=O)[C@H]1[C@H](C=O)C1(C)C. The number of carbonyl (C=O) groups is 2. The molecule has 1 saturated carbocycles. The molecule has 1 aliphatic carbocycles. The van der Waals surface area contributed by atoms with Crippen molar-refractivity contribution in [1.29, 1.82) is 0 Å². The standard InChI is InChI=1S/C8H12O2/c1-5(10)7-6(4-9)8(7,2)3/h4,6-7H,1-3H3/t6-,7-/m0/s1. The van der Waals surface area contributed by atoms with E-state index in [1.165, 1.54) is 0 Å². The van der Waals surface area contributed by atoms with Gasteiger partial charge in [-0.05, 0) is 12.3 Å². The topological polar surface area (TPSA) is 34.1 Å². The van der Waals surface area contributed by atoms with Crippen LogP contribution in [0.4, 0.5) is 0 Å². The fourth-order valence-electron chi connectivity index (χ4n) is 1.71. The summed E-state index contributed by atoms with van der Waals surface area (Å²) in [6.07, 6.45) is 0.895. The molecule has 1 aliphatic rings. The Kier molecular flexibility index (Phi) is 1.42. The van der Waals surface area contributed by atoms with Crippen LogP contribution in [0, 0.1) is 17.3 Å².